The number of amides is 2. The lowest BCUT2D eigenvalue weighted by Crippen LogP contribution is -2.31. The number of rotatable bonds is 8. The van der Waals surface area contributed by atoms with Gasteiger partial charge in [0.1, 0.15) is 5.70 Å². The van der Waals surface area contributed by atoms with E-state index in [-0.39, 0.29) is 22.1 Å². The Hall–Kier alpha value is -4.50. The molecule has 2 N–H and O–H groups in total. The van der Waals surface area contributed by atoms with Crippen molar-refractivity contribution in [2.45, 2.75) is 13.0 Å². The molecule has 0 bridgehead atoms. The lowest BCUT2D eigenvalue weighted by molar-refractivity contribution is -0.384. The van der Waals surface area contributed by atoms with Gasteiger partial charge < -0.3 is 15.4 Å². The standard InChI is InChI=1S/C25H20ClN3O6/c1-16(30)27-22(14-17-8-4-2-5-9-17)25(32)35-23(18-10-6-3-7-11-18)24(31)28-21-13-12-19(29(33)34)15-20(21)26/h2-15,23H,1H3,(H,27,30)(H,28,31)/b22-14-. The van der Waals surface area contributed by atoms with Crippen LogP contribution in [-0.4, -0.2) is 22.7 Å². The number of carbonyl (C=O) groups excluding carboxylic acids is 3. The lowest BCUT2D eigenvalue weighted by atomic mass is 10.1. The molecule has 178 valence electrons. The molecule has 0 radical (unpaired) electrons. The van der Waals surface area contributed by atoms with E-state index in [0.717, 1.165) is 6.07 Å². The summed E-state index contributed by atoms with van der Waals surface area (Å²) in [6.45, 7) is 1.24. The van der Waals surface area contributed by atoms with Gasteiger partial charge in [-0.15, -0.1) is 0 Å². The molecule has 0 aliphatic carbocycles. The van der Waals surface area contributed by atoms with Gasteiger partial charge in [-0.25, -0.2) is 4.79 Å². The number of non-ortho nitro benzene ring substituents is 1. The van der Waals surface area contributed by atoms with Crippen LogP contribution in [0.25, 0.3) is 6.08 Å². The highest BCUT2D eigenvalue weighted by atomic mass is 35.5. The molecule has 0 saturated carbocycles. The number of esters is 1. The fraction of sp³-hybridized carbons (Fsp3) is 0.0800. The van der Waals surface area contributed by atoms with Gasteiger partial charge in [0.05, 0.1) is 15.6 Å². The van der Waals surface area contributed by atoms with E-state index < -0.39 is 28.8 Å². The van der Waals surface area contributed by atoms with Gasteiger partial charge in [-0.2, -0.15) is 0 Å². The Morgan fingerprint density at radius 3 is 2.20 bits per heavy atom. The quantitative estimate of drug-likeness (QED) is 0.203. The van der Waals surface area contributed by atoms with Crippen LogP contribution in [0.5, 0.6) is 0 Å². The molecule has 3 rings (SSSR count). The summed E-state index contributed by atoms with van der Waals surface area (Å²) in [6.07, 6.45) is 0.0135. The van der Waals surface area contributed by atoms with Gasteiger partial charge in [-0.3, -0.25) is 19.7 Å². The first-order chi connectivity index (χ1) is 16.7. The average molecular weight is 494 g/mol. The Bertz CT molecular complexity index is 1280. The Kier molecular flexibility index (Phi) is 8.31. The number of hydrogen-bond acceptors (Lipinski definition) is 6. The molecular weight excluding hydrogens is 474 g/mol. The molecule has 0 fully saturated rings. The lowest BCUT2D eigenvalue weighted by Gasteiger charge is -2.19. The van der Waals surface area contributed by atoms with Crippen LogP contribution in [0.1, 0.15) is 24.2 Å². The summed E-state index contributed by atoms with van der Waals surface area (Å²) >= 11 is 6.09. The van der Waals surface area contributed by atoms with Crippen molar-refractivity contribution in [3.05, 3.63) is 111 Å². The molecule has 10 heteroatoms. The molecule has 0 aromatic heterocycles. The highest BCUT2D eigenvalue weighted by Crippen LogP contribution is 2.29. The summed E-state index contributed by atoms with van der Waals surface area (Å²) in [5.41, 5.74) is 0.682. The zero-order valence-electron chi connectivity index (χ0n) is 18.4. The van der Waals surface area contributed by atoms with Crippen LogP contribution in [0.3, 0.4) is 0 Å². The van der Waals surface area contributed by atoms with E-state index >= 15 is 0 Å². The van der Waals surface area contributed by atoms with E-state index in [0.29, 0.717) is 11.1 Å². The SMILES string of the molecule is CC(=O)N/C(=C\c1ccccc1)C(=O)OC(C(=O)Nc1ccc([N+](=O)[O-])cc1Cl)c1ccccc1. The van der Waals surface area contributed by atoms with Crippen molar-refractivity contribution < 1.29 is 24.0 Å². The van der Waals surface area contributed by atoms with E-state index in [1.54, 1.807) is 60.7 Å². The molecule has 35 heavy (non-hydrogen) atoms. The highest BCUT2D eigenvalue weighted by molar-refractivity contribution is 6.34. The van der Waals surface area contributed by atoms with Crippen LogP contribution >= 0.6 is 11.6 Å². The van der Waals surface area contributed by atoms with Gasteiger partial charge in [0.2, 0.25) is 12.0 Å². The predicted molar refractivity (Wildman–Crippen MR) is 130 cm³/mol. The summed E-state index contributed by atoms with van der Waals surface area (Å²) in [7, 11) is 0. The van der Waals surface area contributed by atoms with Crippen LogP contribution in [0.15, 0.2) is 84.6 Å². The molecule has 2 amide bonds. The fourth-order valence-electron chi connectivity index (χ4n) is 3.04. The third kappa shape index (κ3) is 6.99. The summed E-state index contributed by atoms with van der Waals surface area (Å²) in [5.74, 6) is -2.19. The highest BCUT2D eigenvalue weighted by Gasteiger charge is 2.28. The topological polar surface area (TPSA) is 128 Å². The Morgan fingerprint density at radius 1 is 1.00 bits per heavy atom. The molecule has 3 aromatic carbocycles. The van der Waals surface area contributed by atoms with E-state index in [2.05, 4.69) is 10.6 Å². The second-order valence-electron chi connectivity index (χ2n) is 7.26. The number of benzene rings is 3. The molecule has 0 heterocycles. The van der Waals surface area contributed by atoms with Gasteiger partial charge in [0.25, 0.3) is 11.6 Å². The maximum absolute atomic E-state index is 13.1. The number of hydrogen-bond donors (Lipinski definition) is 2. The van der Waals surface area contributed by atoms with Crippen molar-refractivity contribution in [2.24, 2.45) is 0 Å². The van der Waals surface area contributed by atoms with E-state index in [9.17, 15) is 24.5 Å². The normalized spacial score (nSPS) is 11.8. The predicted octanol–water partition coefficient (Wildman–Crippen LogP) is 4.65. The number of ether oxygens (including phenoxy) is 1. The Morgan fingerprint density at radius 2 is 1.63 bits per heavy atom. The van der Waals surface area contributed by atoms with Crippen molar-refractivity contribution in [3.8, 4) is 0 Å². The third-order valence-electron chi connectivity index (χ3n) is 4.63. The van der Waals surface area contributed by atoms with Crippen LogP contribution < -0.4 is 10.6 Å². The summed E-state index contributed by atoms with van der Waals surface area (Å²) in [4.78, 5) is 48.2. The largest absolute Gasteiger partial charge is 0.443 e. The van der Waals surface area contributed by atoms with Gasteiger partial charge in [0.15, 0.2) is 0 Å². The first kappa shape index (κ1) is 25.1. The number of carbonyl (C=O) groups is 3. The molecule has 1 unspecified atom stereocenters. The number of nitrogens with zero attached hydrogens (tertiary/aromatic N) is 1. The van der Waals surface area contributed by atoms with Crippen molar-refractivity contribution in [1.82, 2.24) is 5.32 Å². The van der Waals surface area contributed by atoms with Crippen molar-refractivity contribution in [3.63, 3.8) is 0 Å². The van der Waals surface area contributed by atoms with Crippen molar-refractivity contribution in [1.29, 1.82) is 0 Å². The first-order valence-corrected chi connectivity index (χ1v) is 10.7. The average Bonchev–Trinajstić information content (AvgIpc) is 2.84. The maximum Gasteiger partial charge on any atom is 0.355 e. The summed E-state index contributed by atoms with van der Waals surface area (Å²) in [6, 6.07) is 20.6. The van der Waals surface area contributed by atoms with Crippen LogP contribution in [0.4, 0.5) is 11.4 Å². The number of anilines is 1. The number of nitrogens with one attached hydrogen (secondary N) is 2. The molecular formula is C25H20ClN3O6. The second kappa shape index (κ2) is 11.6. The van der Waals surface area contributed by atoms with Gasteiger partial charge in [0, 0.05) is 24.6 Å². The Balaban J connectivity index is 1.90. The minimum absolute atomic E-state index is 0.0615. The molecule has 1 atom stereocenters. The summed E-state index contributed by atoms with van der Waals surface area (Å²) < 4.78 is 5.52. The van der Waals surface area contributed by atoms with Gasteiger partial charge in [-0.1, -0.05) is 72.3 Å². The zero-order chi connectivity index (χ0) is 25.4. The van der Waals surface area contributed by atoms with Crippen molar-refractivity contribution in [2.75, 3.05) is 5.32 Å². The maximum atomic E-state index is 13.1. The first-order valence-electron chi connectivity index (χ1n) is 10.3. The Labute approximate surface area is 205 Å². The number of nitro benzene ring substituents is 1. The van der Waals surface area contributed by atoms with E-state index in [1.807, 2.05) is 0 Å². The smallest absolute Gasteiger partial charge is 0.355 e. The van der Waals surface area contributed by atoms with Gasteiger partial charge in [-0.05, 0) is 17.7 Å². The van der Waals surface area contributed by atoms with E-state index in [4.69, 9.17) is 16.3 Å². The molecule has 0 saturated heterocycles. The van der Waals surface area contributed by atoms with Crippen molar-refractivity contribution >= 4 is 46.8 Å². The molecule has 9 nitrogen and oxygen atoms in total. The minimum atomic E-state index is -1.41. The summed E-state index contributed by atoms with van der Waals surface area (Å²) in [5, 5.41) is 15.8. The molecule has 0 aliphatic heterocycles. The van der Waals surface area contributed by atoms with Crippen LogP contribution in [0.2, 0.25) is 5.02 Å². The molecule has 3 aromatic rings. The fourth-order valence-corrected chi connectivity index (χ4v) is 3.26. The number of halogens is 1. The molecule has 0 spiro atoms. The van der Waals surface area contributed by atoms with Gasteiger partial charge >= 0.3 is 5.97 Å². The van der Waals surface area contributed by atoms with Crippen LogP contribution in [-0.2, 0) is 19.1 Å². The molecule has 0 aliphatic rings. The van der Waals surface area contributed by atoms with Crippen LogP contribution in [0, 0.1) is 10.1 Å². The third-order valence-corrected chi connectivity index (χ3v) is 4.94. The zero-order valence-corrected chi connectivity index (χ0v) is 19.2. The van der Waals surface area contributed by atoms with E-state index in [1.165, 1.54) is 25.1 Å². The monoisotopic (exact) mass is 493 g/mol. The number of nitro groups is 1. The minimum Gasteiger partial charge on any atom is -0.443 e. The second-order valence-corrected chi connectivity index (χ2v) is 7.66.